The average Bonchev–Trinajstić information content (AvgIpc) is 3.46. The van der Waals surface area contributed by atoms with Gasteiger partial charge in [0.05, 0.1) is 31.7 Å². The van der Waals surface area contributed by atoms with Crippen molar-refractivity contribution in [2.24, 2.45) is 0 Å². The Morgan fingerprint density at radius 2 is 2.06 bits per heavy atom. The highest BCUT2D eigenvalue weighted by Crippen LogP contribution is 2.44. The molecule has 1 fully saturated rings. The quantitative estimate of drug-likeness (QED) is 0.352. The van der Waals surface area contributed by atoms with Crippen LogP contribution in [-0.2, 0) is 25.3 Å². The van der Waals surface area contributed by atoms with Crippen molar-refractivity contribution in [3.05, 3.63) is 43.0 Å². The van der Waals surface area contributed by atoms with E-state index in [0.717, 1.165) is 6.42 Å². The van der Waals surface area contributed by atoms with Crippen LogP contribution in [0.2, 0.25) is 0 Å². The van der Waals surface area contributed by atoms with Crippen LogP contribution in [0.1, 0.15) is 33.6 Å². The second-order valence-corrected chi connectivity index (χ2v) is 10.8. The van der Waals surface area contributed by atoms with Crippen molar-refractivity contribution in [1.29, 1.82) is 0 Å². The number of nitrogen functional groups attached to an aromatic ring is 1. The number of aromatic nitrogens is 4. The fourth-order valence-electron chi connectivity index (χ4n) is 3.85. The topological polar surface area (TPSA) is 136 Å². The lowest BCUT2D eigenvalue weighted by molar-refractivity contribution is -0.0658. The summed E-state index contributed by atoms with van der Waals surface area (Å²) in [5.41, 5.74) is 7.02. The number of rotatable bonds is 12. The van der Waals surface area contributed by atoms with E-state index in [9.17, 15) is 4.57 Å². The van der Waals surface area contributed by atoms with Gasteiger partial charge in [-0.1, -0.05) is 25.1 Å². The van der Waals surface area contributed by atoms with Gasteiger partial charge in [-0.2, -0.15) is 0 Å². The molecule has 2 aromatic heterocycles. The van der Waals surface area contributed by atoms with Crippen LogP contribution >= 0.6 is 7.52 Å². The lowest BCUT2D eigenvalue weighted by Gasteiger charge is -2.26. The zero-order valence-corrected chi connectivity index (χ0v) is 21.1. The number of fused-ring (bicyclic) bond motifs is 1. The number of hydrogen-bond acceptors (Lipinski definition) is 9. The number of hydrogen-bond donors (Lipinski definition) is 2. The molecule has 0 radical (unpaired) electrons. The monoisotopic (exact) mass is 504 g/mol. The summed E-state index contributed by atoms with van der Waals surface area (Å²) in [7, 11) is -3.43. The van der Waals surface area contributed by atoms with E-state index in [2.05, 4.69) is 27.0 Å². The normalized spacial score (nSPS) is 21.6. The molecular weight excluding hydrogens is 471 g/mol. The van der Waals surface area contributed by atoms with Gasteiger partial charge in [-0.05, 0) is 32.4 Å². The minimum Gasteiger partial charge on any atom is -0.431 e. The molecule has 12 heteroatoms. The summed E-state index contributed by atoms with van der Waals surface area (Å²) >= 11 is 0. The van der Waals surface area contributed by atoms with Crippen LogP contribution in [-0.4, -0.2) is 57.0 Å². The van der Waals surface area contributed by atoms with E-state index in [1.165, 1.54) is 6.33 Å². The number of para-hydroxylation sites is 1. The van der Waals surface area contributed by atoms with E-state index in [0.29, 0.717) is 42.3 Å². The maximum absolute atomic E-state index is 13.9. The van der Waals surface area contributed by atoms with Crippen molar-refractivity contribution in [3.8, 4) is 5.75 Å². The Balaban J connectivity index is 1.39. The molecule has 1 aliphatic heterocycles. The van der Waals surface area contributed by atoms with Gasteiger partial charge in [-0.25, -0.2) is 20.0 Å². The molecule has 0 bridgehead atoms. The predicted octanol–water partition coefficient (Wildman–Crippen LogP) is 3.56. The van der Waals surface area contributed by atoms with Crippen LogP contribution < -0.4 is 15.3 Å². The van der Waals surface area contributed by atoms with Gasteiger partial charge in [-0.3, -0.25) is 4.57 Å². The Morgan fingerprint density at radius 3 is 2.80 bits per heavy atom. The van der Waals surface area contributed by atoms with Crippen molar-refractivity contribution in [2.45, 2.75) is 64.7 Å². The highest BCUT2D eigenvalue weighted by molar-refractivity contribution is 7.57. The largest absolute Gasteiger partial charge is 0.431 e. The summed E-state index contributed by atoms with van der Waals surface area (Å²) in [6.07, 6.45) is 3.80. The third kappa shape index (κ3) is 6.77. The molecule has 0 aliphatic carbocycles. The summed E-state index contributed by atoms with van der Waals surface area (Å²) in [5.74, 6) is 0.820. The Morgan fingerprint density at radius 1 is 1.26 bits per heavy atom. The first-order valence-corrected chi connectivity index (χ1v) is 13.6. The van der Waals surface area contributed by atoms with Crippen molar-refractivity contribution in [1.82, 2.24) is 24.6 Å². The molecular formula is C23H33N6O5P. The molecule has 35 heavy (non-hydrogen) atoms. The van der Waals surface area contributed by atoms with Gasteiger partial charge in [0.15, 0.2) is 17.8 Å². The first-order chi connectivity index (χ1) is 16.8. The lowest BCUT2D eigenvalue weighted by atomic mass is 10.2. The number of ether oxygens (including phenoxy) is 3. The molecule has 4 rings (SSSR count). The first-order valence-electron chi connectivity index (χ1n) is 11.8. The van der Waals surface area contributed by atoms with E-state index in [-0.39, 0.29) is 30.9 Å². The third-order valence-corrected chi connectivity index (χ3v) is 7.47. The molecule has 190 valence electrons. The summed E-state index contributed by atoms with van der Waals surface area (Å²) in [4.78, 5) is 12.5. The molecule has 3 aromatic rings. The maximum atomic E-state index is 13.9. The van der Waals surface area contributed by atoms with E-state index >= 15 is 0 Å². The Bertz CT molecular complexity index is 1150. The smallest absolute Gasteiger partial charge is 0.342 e. The number of benzene rings is 1. The van der Waals surface area contributed by atoms with Crippen LogP contribution in [0.5, 0.6) is 5.75 Å². The van der Waals surface area contributed by atoms with Crippen molar-refractivity contribution in [2.75, 3.05) is 18.7 Å². The molecule has 3 N–H and O–H groups in total. The highest BCUT2D eigenvalue weighted by Gasteiger charge is 2.32. The van der Waals surface area contributed by atoms with Gasteiger partial charge in [0.2, 0.25) is 0 Å². The molecule has 3 heterocycles. The SMILES string of the molecule is CCC1COC(CC(C)NP(=O)(COC(C)Cn2cnc3c(N)ncnc32)Oc2ccccc2)O1. The summed E-state index contributed by atoms with van der Waals surface area (Å²) < 4.78 is 39.2. The summed E-state index contributed by atoms with van der Waals surface area (Å²) in [5, 5.41) is 3.14. The Kier molecular flexibility index (Phi) is 8.35. The number of anilines is 1. The highest BCUT2D eigenvalue weighted by atomic mass is 31.2. The molecule has 5 atom stereocenters. The van der Waals surface area contributed by atoms with Crippen LogP contribution in [0.15, 0.2) is 43.0 Å². The standard InChI is InChI=1S/C23H33N6O5P/c1-4-18-12-31-20(33-18)10-16(2)28-35(30,34-19-8-6-5-7-9-19)15-32-17(3)11-29-14-27-21-22(24)25-13-26-23(21)29/h5-9,13-14,16-18,20H,4,10-12,15H2,1-3H3,(H,28,30)(H2,24,25,26). The van der Waals surface area contributed by atoms with E-state index in [1.807, 2.05) is 36.6 Å². The van der Waals surface area contributed by atoms with Crippen LogP contribution in [0, 0.1) is 0 Å². The van der Waals surface area contributed by atoms with E-state index in [1.54, 1.807) is 18.5 Å². The van der Waals surface area contributed by atoms with Gasteiger partial charge in [0, 0.05) is 12.5 Å². The van der Waals surface area contributed by atoms with E-state index < -0.39 is 7.52 Å². The first kappa shape index (κ1) is 25.5. The minimum absolute atomic E-state index is 0.101. The number of nitrogens with zero attached hydrogens (tertiary/aromatic N) is 4. The predicted molar refractivity (Wildman–Crippen MR) is 132 cm³/mol. The zero-order valence-electron chi connectivity index (χ0n) is 20.2. The number of imidazole rings is 1. The molecule has 0 spiro atoms. The maximum Gasteiger partial charge on any atom is 0.342 e. The van der Waals surface area contributed by atoms with Gasteiger partial charge < -0.3 is 29.0 Å². The van der Waals surface area contributed by atoms with Crippen LogP contribution in [0.4, 0.5) is 5.82 Å². The molecule has 1 saturated heterocycles. The van der Waals surface area contributed by atoms with Crippen molar-refractivity contribution in [3.63, 3.8) is 0 Å². The van der Waals surface area contributed by atoms with Gasteiger partial charge >= 0.3 is 7.52 Å². The van der Waals surface area contributed by atoms with Gasteiger partial charge in [0.1, 0.15) is 23.9 Å². The molecule has 0 saturated carbocycles. The van der Waals surface area contributed by atoms with Crippen LogP contribution in [0.3, 0.4) is 0 Å². The molecule has 5 unspecified atom stereocenters. The van der Waals surface area contributed by atoms with E-state index in [4.69, 9.17) is 24.5 Å². The molecule has 1 aromatic carbocycles. The third-order valence-electron chi connectivity index (χ3n) is 5.64. The van der Waals surface area contributed by atoms with Gasteiger partial charge in [0.25, 0.3) is 0 Å². The number of nitrogens with one attached hydrogen (secondary N) is 1. The van der Waals surface area contributed by atoms with Crippen molar-refractivity contribution < 1.29 is 23.3 Å². The molecule has 1 aliphatic rings. The Hall–Kier alpha value is -2.56. The Labute approximate surface area is 204 Å². The second kappa shape index (κ2) is 11.5. The summed E-state index contributed by atoms with van der Waals surface area (Å²) in [6, 6.07) is 8.86. The number of nitrogens with two attached hydrogens (primary N) is 1. The van der Waals surface area contributed by atoms with Gasteiger partial charge in [-0.15, -0.1) is 0 Å². The zero-order chi connectivity index (χ0) is 24.8. The van der Waals surface area contributed by atoms with Crippen molar-refractivity contribution >= 4 is 24.5 Å². The fraction of sp³-hybridized carbons (Fsp3) is 0.522. The lowest BCUT2D eigenvalue weighted by Crippen LogP contribution is -2.32. The average molecular weight is 505 g/mol. The molecule has 0 amide bonds. The fourth-order valence-corrected chi connectivity index (χ4v) is 5.72. The van der Waals surface area contributed by atoms with Crippen LogP contribution in [0.25, 0.3) is 11.2 Å². The minimum atomic E-state index is -3.43. The molecule has 11 nitrogen and oxygen atoms in total. The second-order valence-electron chi connectivity index (χ2n) is 8.71. The summed E-state index contributed by atoms with van der Waals surface area (Å²) in [6.45, 7) is 6.89.